The fourth-order valence-corrected chi connectivity index (χ4v) is 6.62. The molecule has 1 amide bonds. The summed E-state index contributed by atoms with van der Waals surface area (Å²) in [6.07, 6.45) is 5.17. The monoisotopic (exact) mass is 483 g/mol. The number of hydrogen-bond acceptors (Lipinski definition) is 5. The van der Waals surface area contributed by atoms with Gasteiger partial charge in [-0.1, -0.05) is 23.3 Å². The first-order chi connectivity index (χ1) is 15.7. The van der Waals surface area contributed by atoms with Gasteiger partial charge in [-0.2, -0.15) is 9.30 Å². The van der Waals surface area contributed by atoms with Crippen molar-refractivity contribution in [3.63, 3.8) is 0 Å². The van der Waals surface area contributed by atoms with E-state index < -0.39 is 15.9 Å². The number of benzene rings is 2. The highest BCUT2D eigenvalue weighted by Crippen LogP contribution is 2.22. The molecule has 2 aromatic carbocycles. The van der Waals surface area contributed by atoms with Crippen molar-refractivity contribution >= 4 is 37.5 Å². The second-order valence-electron chi connectivity index (χ2n) is 8.17. The zero-order chi connectivity index (χ0) is 23.8. The van der Waals surface area contributed by atoms with Gasteiger partial charge in [0.15, 0.2) is 4.80 Å². The van der Waals surface area contributed by atoms with E-state index in [0.29, 0.717) is 30.0 Å². The van der Waals surface area contributed by atoms with Crippen LogP contribution in [0.15, 0.2) is 52.4 Å². The summed E-state index contributed by atoms with van der Waals surface area (Å²) in [5.74, 6) is 2.15. The molecule has 9 heteroatoms. The first-order valence-electron chi connectivity index (χ1n) is 10.6. The number of carbonyl (C=O) groups is 1. The Labute approximate surface area is 197 Å². The van der Waals surface area contributed by atoms with Crippen LogP contribution < -0.4 is 4.80 Å². The minimum atomic E-state index is -3.68. The van der Waals surface area contributed by atoms with E-state index in [0.717, 1.165) is 15.8 Å². The molecule has 2 heterocycles. The first kappa shape index (κ1) is 23.4. The van der Waals surface area contributed by atoms with Crippen LogP contribution in [0, 0.1) is 19.3 Å². The van der Waals surface area contributed by atoms with Gasteiger partial charge in [0.25, 0.3) is 5.91 Å². The average Bonchev–Trinajstić information content (AvgIpc) is 3.09. The lowest BCUT2D eigenvalue weighted by Crippen LogP contribution is -2.48. The van der Waals surface area contributed by atoms with Crippen LogP contribution in [0.1, 0.15) is 29.8 Å². The molecule has 1 aromatic heterocycles. The molecule has 33 heavy (non-hydrogen) atoms. The molecule has 1 aliphatic heterocycles. The van der Waals surface area contributed by atoms with E-state index in [-0.39, 0.29) is 17.1 Å². The summed E-state index contributed by atoms with van der Waals surface area (Å²) in [4.78, 5) is 17.8. The minimum Gasteiger partial charge on any atom is -0.373 e. The maximum absolute atomic E-state index is 13.0. The number of aromatic nitrogens is 1. The molecule has 172 valence electrons. The van der Waals surface area contributed by atoms with Gasteiger partial charge in [-0.3, -0.25) is 4.79 Å². The fraction of sp³-hybridized carbons (Fsp3) is 0.333. The summed E-state index contributed by atoms with van der Waals surface area (Å²) < 4.78 is 36.0. The van der Waals surface area contributed by atoms with Crippen LogP contribution >= 0.6 is 11.3 Å². The molecule has 7 nitrogen and oxygen atoms in total. The first-order valence-corrected chi connectivity index (χ1v) is 12.8. The van der Waals surface area contributed by atoms with Gasteiger partial charge >= 0.3 is 0 Å². The Balaban J connectivity index is 1.64. The SMILES string of the molecule is C#CCn1c(=NC(=O)c2ccc(S(=O)(=O)N3CC(C)OC(C)C3)cc2)sc2cc(C)ccc21. The van der Waals surface area contributed by atoms with Gasteiger partial charge < -0.3 is 9.30 Å². The number of hydrogen-bond donors (Lipinski definition) is 0. The molecule has 1 saturated heterocycles. The average molecular weight is 484 g/mol. The van der Waals surface area contributed by atoms with E-state index >= 15 is 0 Å². The largest absolute Gasteiger partial charge is 0.373 e. The summed E-state index contributed by atoms with van der Waals surface area (Å²) in [6.45, 7) is 6.59. The number of carbonyl (C=O) groups excluding carboxylic acids is 1. The smallest absolute Gasteiger partial charge is 0.279 e. The Bertz CT molecular complexity index is 1400. The molecular weight excluding hydrogens is 458 g/mol. The number of fused-ring (bicyclic) bond motifs is 1. The highest BCUT2D eigenvalue weighted by Gasteiger charge is 2.32. The maximum atomic E-state index is 13.0. The van der Waals surface area contributed by atoms with Crippen LogP contribution in [0.3, 0.4) is 0 Å². The second kappa shape index (κ2) is 9.23. The molecule has 0 aliphatic carbocycles. The Kier molecular flexibility index (Phi) is 6.54. The van der Waals surface area contributed by atoms with E-state index in [9.17, 15) is 13.2 Å². The van der Waals surface area contributed by atoms with Crippen molar-refractivity contribution in [3.05, 3.63) is 58.4 Å². The van der Waals surface area contributed by atoms with Gasteiger partial charge in [-0.15, -0.1) is 6.42 Å². The van der Waals surface area contributed by atoms with E-state index in [4.69, 9.17) is 11.2 Å². The van der Waals surface area contributed by atoms with E-state index in [1.807, 2.05) is 43.5 Å². The number of sulfonamides is 1. The van der Waals surface area contributed by atoms with Crippen LogP contribution in [0.5, 0.6) is 0 Å². The Morgan fingerprint density at radius 3 is 2.48 bits per heavy atom. The molecule has 1 aliphatic rings. The maximum Gasteiger partial charge on any atom is 0.279 e. The third-order valence-corrected chi connectivity index (χ3v) is 8.30. The summed E-state index contributed by atoms with van der Waals surface area (Å²) in [5, 5.41) is 0. The summed E-state index contributed by atoms with van der Waals surface area (Å²) in [6, 6.07) is 11.9. The number of nitrogens with zero attached hydrogens (tertiary/aromatic N) is 3. The van der Waals surface area contributed by atoms with Crippen LogP contribution in [0.2, 0.25) is 0 Å². The second-order valence-corrected chi connectivity index (χ2v) is 11.1. The molecule has 0 N–H and O–H groups in total. The number of aryl methyl sites for hydroxylation is 1. The minimum absolute atomic E-state index is 0.139. The topological polar surface area (TPSA) is 81.0 Å². The molecule has 2 unspecified atom stereocenters. The van der Waals surface area contributed by atoms with Gasteiger partial charge in [0.2, 0.25) is 10.0 Å². The van der Waals surface area contributed by atoms with Crippen molar-refractivity contribution < 1.29 is 17.9 Å². The number of amides is 1. The van der Waals surface area contributed by atoms with Crippen LogP contribution in [-0.2, 0) is 21.3 Å². The third kappa shape index (κ3) is 4.80. The molecule has 0 spiro atoms. The lowest BCUT2D eigenvalue weighted by Gasteiger charge is -2.34. The zero-order valence-electron chi connectivity index (χ0n) is 18.7. The lowest BCUT2D eigenvalue weighted by molar-refractivity contribution is -0.0440. The molecule has 2 atom stereocenters. The molecule has 0 radical (unpaired) electrons. The van der Waals surface area contributed by atoms with Gasteiger partial charge in [0, 0.05) is 18.7 Å². The third-order valence-electron chi connectivity index (χ3n) is 5.41. The van der Waals surface area contributed by atoms with Gasteiger partial charge in [0.1, 0.15) is 0 Å². The van der Waals surface area contributed by atoms with Crippen molar-refractivity contribution in [1.82, 2.24) is 8.87 Å². The molecule has 1 fully saturated rings. The van der Waals surface area contributed by atoms with E-state index in [1.54, 1.807) is 0 Å². The lowest BCUT2D eigenvalue weighted by atomic mass is 10.2. The Morgan fingerprint density at radius 2 is 1.85 bits per heavy atom. The molecular formula is C24H25N3O4S2. The van der Waals surface area contributed by atoms with Crippen LogP contribution in [-0.4, -0.2) is 48.5 Å². The normalized spacial score (nSPS) is 20.1. The van der Waals surface area contributed by atoms with Crippen molar-refractivity contribution in [2.75, 3.05) is 13.1 Å². The van der Waals surface area contributed by atoms with Gasteiger partial charge in [0.05, 0.1) is 33.9 Å². The molecule has 0 saturated carbocycles. The van der Waals surface area contributed by atoms with Crippen molar-refractivity contribution in [2.45, 2.75) is 44.4 Å². The highest BCUT2D eigenvalue weighted by atomic mass is 32.2. The Hall–Kier alpha value is -2.77. The van der Waals surface area contributed by atoms with E-state index in [1.165, 1.54) is 39.9 Å². The number of ether oxygens (including phenoxy) is 1. The standard InChI is InChI=1S/C24H25N3O4S2/c1-5-12-27-21-11-6-16(2)13-22(21)32-24(27)25-23(28)19-7-9-20(10-8-19)33(29,30)26-14-17(3)31-18(4)15-26/h1,6-11,13,17-18H,12,14-15H2,2-4H3. The van der Waals surface area contributed by atoms with Crippen molar-refractivity contribution in [2.24, 2.45) is 4.99 Å². The van der Waals surface area contributed by atoms with Gasteiger partial charge in [-0.05, 0) is 62.7 Å². The van der Waals surface area contributed by atoms with Crippen molar-refractivity contribution in [3.8, 4) is 12.3 Å². The Morgan fingerprint density at radius 1 is 1.18 bits per heavy atom. The van der Waals surface area contributed by atoms with Crippen molar-refractivity contribution in [1.29, 1.82) is 0 Å². The number of rotatable bonds is 4. The molecule has 3 aromatic rings. The summed E-state index contributed by atoms with van der Waals surface area (Å²) in [7, 11) is -3.68. The van der Waals surface area contributed by atoms with Crippen LogP contribution in [0.4, 0.5) is 0 Å². The highest BCUT2D eigenvalue weighted by molar-refractivity contribution is 7.89. The zero-order valence-corrected chi connectivity index (χ0v) is 20.3. The molecule has 0 bridgehead atoms. The predicted molar refractivity (Wildman–Crippen MR) is 128 cm³/mol. The predicted octanol–water partition coefficient (Wildman–Crippen LogP) is 3.18. The van der Waals surface area contributed by atoms with Gasteiger partial charge in [-0.25, -0.2) is 8.42 Å². The molecule has 4 rings (SSSR count). The fourth-order valence-electron chi connectivity index (χ4n) is 3.91. The number of thiazole rings is 1. The quantitative estimate of drug-likeness (QED) is 0.534. The summed E-state index contributed by atoms with van der Waals surface area (Å²) >= 11 is 1.39. The van der Waals surface area contributed by atoms with Crippen LogP contribution in [0.25, 0.3) is 10.2 Å². The number of terminal acetylenes is 1. The van der Waals surface area contributed by atoms with E-state index in [2.05, 4.69) is 10.9 Å². The number of morpholine rings is 1. The summed E-state index contributed by atoms with van der Waals surface area (Å²) in [5.41, 5.74) is 2.33.